The van der Waals surface area contributed by atoms with Gasteiger partial charge in [0, 0.05) is 10.0 Å². The Morgan fingerprint density at radius 2 is 2.15 bits per heavy atom. The molecule has 0 fully saturated rings. The molecule has 0 aliphatic carbocycles. The van der Waals surface area contributed by atoms with Gasteiger partial charge in [0.15, 0.2) is 0 Å². The molecule has 0 amide bonds. The summed E-state index contributed by atoms with van der Waals surface area (Å²) in [7, 11) is 0. The van der Waals surface area contributed by atoms with Crippen LogP contribution in [0.1, 0.15) is 36.3 Å². The molecular weight excluding hydrogens is 345 g/mol. The van der Waals surface area contributed by atoms with Crippen molar-refractivity contribution in [2.75, 3.05) is 6.54 Å². The lowest BCUT2D eigenvalue weighted by molar-refractivity contribution is 0.433. The van der Waals surface area contributed by atoms with Gasteiger partial charge in [0.2, 0.25) is 0 Å². The quantitative estimate of drug-likeness (QED) is 0.738. The maximum atomic E-state index is 14.4. The van der Waals surface area contributed by atoms with Crippen LogP contribution in [0.4, 0.5) is 4.39 Å². The van der Waals surface area contributed by atoms with E-state index in [1.807, 2.05) is 13.0 Å². The molecule has 5 heteroatoms. The Kier molecular flexibility index (Phi) is 5.24. The fourth-order valence-electron chi connectivity index (χ4n) is 2.08. The summed E-state index contributed by atoms with van der Waals surface area (Å²) in [5.74, 6) is 0.293. The highest BCUT2D eigenvalue weighted by Gasteiger charge is 2.23. The minimum Gasteiger partial charge on any atom is -0.467 e. The lowest BCUT2D eigenvalue weighted by Crippen LogP contribution is -2.24. The zero-order valence-corrected chi connectivity index (χ0v) is 13.7. The molecule has 0 saturated heterocycles. The van der Waals surface area contributed by atoms with Gasteiger partial charge in [-0.1, -0.05) is 24.6 Å². The molecule has 2 nitrogen and oxygen atoms in total. The Labute approximate surface area is 131 Å². The molecule has 2 rings (SSSR count). The van der Waals surface area contributed by atoms with Crippen molar-refractivity contribution in [2.24, 2.45) is 0 Å². The zero-order chi connectivity index (χ0) is 14.7. The van der Waals surface area contributed by atoms with E-state index in [1.54, 1.807) is 18.4 Å². The molecule has 0 radical (unpaired) electrons. The molecule has 0 spiro atoms. The van der Waals surface area contributed by atoms with Crippen molar-refractivity contribution in [3.8, 4) is 0 Å². The summed E-state index contributed by atoms with van der Waals surface area (Å²) >= 11 is 9.21. The van der Waals surface area contributed by atoms with E-state index in [9.17, 15) is 4.39 Å². The van der Waals surface area contributed by atoms with Crippen molar-refractivity contribution >= 4 is 27.5 Å². The van der Waals surface area contributed by atoms with Gasteiger partial charge in [0.1, 0.15) is 11.6 Å². The summed E-state index contributed by atoms with van der Waals surface area (Å²) in [6, 6.07) is 5.00. The van der Waals surface area contributed by atoms with Gasteiger partial charge in [-0.3, -0.25) is 0 Å². The number of aryl methyl sites for hydroxylation is 1. The number of hydrogen-bond donors (Lipinski definition) is 1. The van der Waals surface area contributed by atoms with Crippen LogP contribution in [-0.4, -0.2) is 6.54 Å². The van der Waals surface area contributed by atoms with Gasteiger partial charge in [0.05, 0.1) is 17.3 Å². The van der Waals surface area contributed by atoms with E-state index in [0.29, 0.717) is 10.0 Å². The number of halogens is 3. The van der Waals surface area contributed by atoms with Crippen molar-refractivity contribution < 1.29 is 8.81 Å². The molecule has 1 unspecified atom stereocenters. The summed E-state index contributed by atoms with van der Waals surface area (Å²) in [4.78, 5) is 0. The first-order chi connectivity index (χ1) is 9.56. The zero-order valence-electron chi connectivity index (χ0n) is 11.3. The van der Waals surface area contributed by atoms with Gasteiger partial charge in [-0.2, -0.15) is 0 Å². The van der Waals surface area contributed by atoms with E-state index >= 15 is 0 Å². The lowest BCUT2D eigenvalue weighted by Gasteiger charge is -2.19. The van der Waals surface area contributed by atoms with E-state index < -0.39 is 5.82 Å². The van der Waals surface area contributed by atoms with E-state index in [1.165, 1.54) is 0 Å². The molecule has 1 N–H and O–H groups in total. The molecule has 1 aromatic carbocycles. The largest absolute Gasteiger partial charge is 0.467 e. The Morgan fingerprint density at radius 3 is 2.75 bits per heavy atom. The molecule has 20 heavy (non-hydrogen) atoms. The van der Waals surface area contributed by atoms with Crippen LogP contribution in [-0.2, 0) is 0 Å². The average molecular weight is 361 g/mol. The highest BCUT2D eigenvalue weighted by atomic mass is 79.9. The van der Waals surface area contributed by atoms with Gasteiger partial charge in [-0.05, 0) is 53.5 Å². The summed E-state index contributed by atoms with van der Waals surface area (Å²) in [5, 5.41) is 3.40. The fraction of sp³-hybridized carbons (Fsp3) is 0.333. The van der Waals surface area contributed by atoms with Gasteiger partial charge in [-0.25, -0.2) is 4.39 Å². The summed E-state index contributed by atoms with van der Waals surface area (Å²) < 4.78 is 20.5. The first kappa shape index (κ1) is 15.5. The summed E-state index contributed by atoms with van der Waals surface area (Å²) in [5.41, 5.74) is 1.47. The van der Waals surface area contributed by atoms with Crippen LogP contribution in [0.25, 0.3) is 0 Å². The molecule has 0 aliphatic heterocycles. The van der Waals surface area contributed by atoms with Crippen LogP contribution in [0.2, 0.25) is 5.02 Å². The molecular formula is C15H16BrClFNO. The van der Waals surface area contributed by atoms with E-state index in [4.69, 9.17) is 16.0 Å². The Hall–Kier alpha value is -0.840. The molecule has 108 valence electrons. The maximum absolute atomic E-state index is 14.4. The Balaban J connectivity index is 2.47. The standard InChI is InChI=1S/C15H16BrClFNO/c1-3-7-19-14(15-9(2)6-8-20-15)10-4-5-11(16)12(17)13(10)18/h4-6,8,14,19H,3,7H2,1-2H3. The van der Waals surface area contributed by atoms with Gasteiger partial charge < -0.3 is 9.73 Å². The van der Waals surface area contributed by atoms with Crippen molar-refractivity contribution in [3.63, 3.8) is 0 Å². The van der Waals surface area contributed by atoms with Crippen LogP contribution >= 0.6 is 27.5 Å². The van der Waals surface area contributed by atoms with Crippen molar-refractivity contribution in [1.82, 2.24) is 5.32 Å². The molecule has 1 heterocycles. The SMILES string of the molecule is CCCNC(c1ccc(Br)c(Cl)c1F)c1occc1C. The van der Waals surface area contributed by atoms with E-state index in [-0.39, 0.29) is 11.1 Å². The maximum Gasteiger partial charge on any atom is 0.148 e. The second-order valence-electron chi connectivity index (χ2n) is 4.62. The molecule has 0 bridgehead atoms. The molecule has 2 aromatic rings. The second kappa shape index (κ2) is 6.74. The Morgan fingerprint density at radius 1 is 1.40 bits per heavy atom. The normalized spacial score (nSPS) is 12.7. The number of nitrogens with one attached hydrogen (secondary N) is 1. The van der Waals surface area contributed by atoms with Crippen LogP contribution in [0.15, 0.2) is 33.4 Å². The van der Waals surface area contributed by atoms with Crippen LogP contribution in [0.3, 0.4) is 0 Å². The molecule has 1 aromatic heterocycles. The van der Waals surface area contributed by atoms with Gasteiger partial charge >= 0.3 is 0 Å². The highest BCUT2D eigenvalue weighted by molar-refractivity contribution is 9.10. The number of benzene rings is 1. The van der Waals surface area contributed by atoms with Crippen molar-refractivity contribution in [2.45, 2.75) is 26.3 Å². The monoisotopic (exact) mass is 359 g/mol. The smallest absolute Gasteiger partial charge is 0.148 e. The van der Waals surface area contributed by atoms with Crippen molar-refractivity contribution in [1.29, 1.82) is 0 Å². The van der Waals surface area contributed by atoms with Crippen LogP contribution in [0.5, 0.6) is 0 Å². The number of hydrogen-bond acceptors (Lipinski definition) is 2. The summed E-state index contributed by atoms with van der Waals surface area (Å²) in [6.07, 6.45) is 2.56. The minimum absolute atomic E-state index is 0.0926. The first-order valence-corrected chi connectivity index (χ1v) is 7.64. The number of rotatable bonds is 5. The molecule has 1 atom stereocenters. The first-order valence-electron chi connectivity index (χ1n) is 6.47. The predicted octanol–water partition coefficient (Wildman–Crippen LogP) is 5.23. The fourth-order valence-corrected chi connectivity index (χ4v) is 2.55. The van der Waals surface area contributed by atoms with E-state index in [0.717, 1.165) is 24.3 Å². The highest BCUT2D eigenvalue weighted by Crippen LogP contribution is 2.34. The third-order valence-electron chi connectivity index (χ3n) is 3.14. The number of furan rings is 1. The molecule has 0 aliphatic rings. The van der Waals surface area contributed by atoms with E-state index in [2.05, 4.69) is 28.2 Å². The van der Waals surface area contributed by atoms with Crippen LogP contribution < -0.4 is 5.32 Å². The average Bonchev–Trinajstić information content (AvgIpc) is 2.85. The predicted molar refractivity (Wildman–Crippen MR) is 82.7 cm³/mol. The van der Waals surface area contributed by atoms with Gasteiger partial charge in [-0.15, -0.1) is 0 Å². The molecule has 0 saturated carbocycles. The van der Waals surface area contributed by atoms with Gasteiger partial charge in [0.25, 0.3) is 0 Å². The Bertz CT molecular complexity index is 600. The topological polar surface area (TPSA) is 25.2 Å². The second-order valence-corrected chi connectivity index (χ2v) is 5.85. The van der Waals surface area contributed by atoms with Crippen molar-refractivity contribution in [3.05, 3.63) is 56.7 Å². The summed E-state index contributed by atoms with van der Waals surface area (Å²) in [6.45, 7) is 4.76. The van der Waals surface area contributed by atoms with Crippen LogP contribution in [0, 0.1) is 12.7 Å². The lowest BCUT2D eigenvalue weighted by atomic mass is 10.0. The third kappa shape index (κ3) is 3.08. The third-order valence-corrected chi connectivity index (χ3v) is 4.40. The minimum atomic E-state index is -0.426.